The number of hydrogen-bond donors (Lipinski definition) is 1. The molecule has 116 valence electrons. The fraction of sp³-hybridized carbons (Fsp3) is 0.294. The number of benzene rings is 2. The molecule has 1 N–H and O–H groups in total. The van der Waals surface area contributed by atoms with E-state index in [9.17, 15) is 5.11 Å². The maximum absolute atomic E-state index is 10.6. The second-order valence-electron chi connectivity index (χ2n) is 4.86. The first-order valence-electron chi connectivity index (χ1n) is 7.11. The van der Waals surface area contributed by atoms with Gasteiger partial charge in [0.2, 0.25) is 6.79 Å². The van der Waals surface area contributed by atoms with Gasteiger partial charge in [0.05, 0.1) is 13.7 Å². The second-order valence-corrected chi connectivity index (χ2v) is 4.86. The lowest BCUT2D eigenvalue weighted by Gasteiger charge is -2.15. The number of hydrogen-bond acceptors (Lipinski definition) is 5. The molecule has 1 atom stereocenters. The predicted octanol–water partition coefficient (Wildman–Crippen LogP) is 2.90. The zero-order chi connectivity index (χ0) is 15.5. The van der Waals surface area contributed by atoms with Crippen molar-refractivity contribution in [3.8, 4) is 23.0 Å². The van der Waals surface area contributed by atoms with Crippen LogP contribution in [-0.2, 0) is 0 Å². The summed E-state index contributed by atoms with van der Waals surface area (Å²) in [7, 11) is 1.59. The third-order valence-electron chi connectivity index (χ3n) is 3.52. The first kappa shape index (κ1) is 14.5. The number of aliphatic hydroxyl groups excluding tert-OH is 1. The molecule has 2 aromatic rings. The SMILES string of the molecule is CCOc1cc([C@H](O)c2ccc3c(c2)OCO3)ccc1OC. The van der Waals surface area contributed by atoms with E-state index in [-0.39, 0.29) is 6.79 Å². The Labute approximate surface area is 129 Å². The van der Waals surface area contributed by atoms with E-state index in [2.05, 4.69) is 0 Å². The van der Waals surface area contributed by atoms with Crippen molar-refractivity contribution in [2.45, 2.75) is 13.0 Å². The van der Waals surface area contributed by atoms with Crippen LogP contribution in [0.5, 0.6) is 23.0 Å². The van der Waals surface area contributed by atoms with Gasteiger partial charge in [-0.1, -0.05) is 12.1 Å². The predicted molar refractivity (Wildman–Crippen MR) is 80.8 cm³/mol. The van der Waals surface area contributed by atoms with Gasteiger partial charge in [-0.2, -0.15) is 0 Å². The largest absolute Gasteiger partial charge is 0.493 e. The molecule has 0 aromatic heterocycles. The Morgan fingerprint density at radius 1 is 1.05 bits per heavy atom. The van der Waals surface area contributed by atoms with Crippen molar-refractivity contribution in [3.63, 3.8) is 0 Å². The van der Waals surface area contributed by atoms with E-state index < -0.39 is 6.10 Å². The lowest BCUT2D eigenvalue weighted by molar-refractivity contribution is 0.173. The monoisotopic (exact) mass is 302 g/mol. The highest BCUT2D eigenvalue weighted by atomic mass is 16.7. The maximum Gasteiger partial charge on any atom is 0.231 e. The van der Waals surface area contributed by atoms with Crippen LogP contribution in [0.3, 0.4) is 0 Å². The molecule has 3 rings (SSSR count). The van der Waals surface area contributed by atoms with Crippen LogP contribution in [0.1, 0.15) is 24.2 Å². The number of rotatable bonds is 5. The quantitative estimate of drug-likeness (QED) is 0.920. The molecule has 22 heavy (non-hydrogen) atoms. The Morgan fingerprint density at radius 3 is 2.55 bits per heavy atom. The van der Waals surface area contributed by atoms with Crippen molar-refractivity contribution < 1.29 is 24.1 Å². The molecule has 0 aliphatic carbocycles. The third kappa shape index (κ3) is 2.67. The summed E-state index contributed by atoms with van der Waals surface area (Å²) < 4.78 is 21.4. The lowest BCUT2D eigenvalue weighted by Crippen LogP contribution is -2.02. The highest BCUT2D eigenvalue weighted by molar-refractivity contribution is 5.49. The smallest absolute Gasteiger partial charge is 0.231 e. The first-order chi connectivity index (χ1) is 10.7. The van der Waals surface area contributed by atoms with E-state index in [1.165, 1.54) is 0 Å². The molecule has 1 heterocycles. The van der Waals surface area contributed by atoms with Crippen LogP contribution >= 0.6 is 0 Å². The summed E-state index contributed by atoms with van der Waals surface area (Å²) in [6.45, 7) is 2.65. The molecule has 0 amide bonds. The number of ether oxygens (including phenoxy) is 4. The molecule has 1 aliphatic heterocycles. The topological polar surface area (TPSA) is 57.2 Å². The van der Waals surface area contributed by atoms with Crippen LogP contribution in [0.15, 0.2) is 36.4 Å². The zero-order valence-electron chi connectivity index (χ0n) is 12.5. The molecule has 5 nitrogen and oxygen atoms in total. The van der Waals surface area contributed by atoms with Gasteiger partial charge in [-0.15, -0.1) is 0 Å². The minimum atomic E-state index is -0.778. The first-order valence-corrected chi connectivity index (χ1v) is 7.11. The van der Waals surface area contributed by atoms with E-state index in [0.29, 0.717) is 29.6 Å². The summed E-state index contributed by atoms with van der Waals surface area (Å²) in [6.07, 6.45) is -0.778. The molecule has 0 unspecified atom stereocenters. The van der Waals surface area contributed by atoms with Gasteiger partial charge in [-0.25, -0.2) is 0 Å². The van der Waals surface area contributed by atoms with Gasteiger partial charge in [0.15, 0.2) is 23.0 Å². The van der Waals surface area contributed by atoms with Gasteiger partial charge >= 0.3 is 0 Å². The standard InChI is InChI=1S/C17H18O5/c1-3-20-15-8-11(4-6-13(15)19-2)17(18)12-5-7-14-16(9-12)22-10-21-14/h4-9,17-18H,3,10H2,1-2H3/t17-/m0/s1. The molecule has 0 fully saturated rings. The Bertz CT molecular complexity index is 668. The van der Waals surface area contributed by atoms with Crippen LogP contribution in [0.4, 0.5) is 0 Å². The third-order valence-corrected chi connectivity index (χ3v) is 3.52. The highest BCUT2D eigenvalue weighted by Gasteiger charge is 2.19. The van der Waals surface area contributed by atoms with E-state index in [1.807, 2.05) is 19.1 Å². The summed E-state index contributed by atoms with van der Waals surface area (Å²) in [6, 6.07) is 10.8. The van der Waals surface area contributed by atoms with Gasteiger partial charge in [-0.3, -0.25) is 0 Å². The van der Waals surface area contributed by atoms with Crippen LogP contribution in [0.2, 0.25) is 0 Å². The van der Waals surface area contributed by atoms with E-state index in [4.69, 9.17) is 18.9 Å². The van der Waals surface area contributed by atoms with Crippen molar-refractivity contribution >= 4 is 0 Å². The second kappa shape index (κ2) is 6.15. The van der Waals surface area contributed by atoms with Gasteiger partial charge in [0, 0.05) is 0 Å². The Morgan fingerprint density at radius 2 is 1.77 bits per heavy atom. The molecule has 1 aliphatic rings. The van der Waals surface area contributed by atoms with Gasteiger partial charge < -0.3 is 24.1 Å². The molecule has 2 aromatic carbocycles. The normalized spacial score (nSPS) is 13.8. The van der Waals surface area contributed by atoms with Gasteiger partial charge in [0.25, 0.3) is 0 Å². The highest BCUT2D eigenvalue weighted by Crippen LogP contribution is 2.37. The van der Waals surface area contributed by atoms with Gasteiger partial charge in [0.1, 0.15) is 6.10 Å². The molecule has 0 saturated carbocycles. The van der Waals surface area contributed by atoms with E-state index >= 15 is 0 Å². The zero-order valence-corrected chi connectivity index (χ0v) is 12.5. The van der Waals surface area contributed by atoms with E-state index in [1.54, 1.807) is 31.4 Å². The Hall–Kier alpha value is -2.40. The van der Waals surface area contributed by atoms with Crippen LogP contribution in [-0.4, -0.2) is 25.6 Å². The molecule has 0 radical (unpaired) electrons. The lowest BCUT2D eigenvalue weighted by atomic mass is 10.0. The number of methoxy groups -OCH3 is 1. The Balaban J connectivity index is 1.91. The fourth-order valence-electron chi connectivity index (χ4n) is 2.41. The van der Waals surface area contributed by atoms with Crippen LogP contribution in [0.25, 0.3) is 0 Å². The molecule has 0 bridgehead atoms. The Kier molecular flexibility index (Phi) is 4.06. The van der Waals surface area contributed by atoms with Crippen molar-refractivity contribution in [1.29, 1.82) is 0 Å². The van der Waals surface area contributed by atoms with Crippen molar-refractivity contribution in [3.05, 3.63) is 47.5 Å². The molecule has 5 heteroatoms. The van der Waals surface area contributed by atoms with Gasteiger partial charge in [-0.05, 0) is 42.3 Å². The van der Waals surface area contributed by atoms with Crippen molar-refractivity contribution in [1.82, 2.24) is 0 Å². The molecular formula is C17H18O5. The minimum Gasteiger partial charge on any atom is -0.493 e. The minimum absolute atomic E-state index is 0.214. The molecule has 0 saturated heterocycles. The summed E-state index contributed by atoms with van der Waals surface area (Å²) in [5.74, 6) is 2.60. The summed E-state index contributed by atoms with van der Waals surface area (Å²) >= 11 is 0. The summed E-state index contributed by atoms with van der Waals surface area (Å²) in [5.41, 5.74) is 1.46. The average Bonchev–Trinajstić information content (AvgIpc) is 3.02. The summed E-state index contributed by atoms with van der Waals surface area (Å²) in [5, 5.41) is 10.6. The summed E-state index contributed by atoms with van der Waals surface area (Å²) in [4.78, 5) is 0. The molecular weight excluding hydrogens is 284 g/mol. The fourth-order valence-corrected chi connectivity index (χ4v) is 2.41. The number of fused-ring (bicyclic) bond motifs is 1. The van der Waals surface area contributed by atoms with E-state index in [0.717, 1.165) is 11.1 Å². The number of aliphatic hydroxyl groups is 1. The maximum atomic E-state index is 10.6. The van der Waals surface area contributed by atoms with Crippen LogP contribution < -0.4 is 18.9 Å². The van der Waals surface area contributed by atoms with Crippen molar-refractivity contribution in [2.75, 3.05) is 20.5 Å². The average molecular weight is 302 g/mol. The van der Waals surface area contributed by atoms with Crippen LogP contribution in [0, 0.1) is 0 Å². The van der Waals surface area contributed by atoms with Crippen molar-refractivity contribution in [2.24, 2.45) is 0 Å². The molecule has 0 spiro atoms.